The van der Waals surface area contributed by atoms with Gasteiger partial charge in [-0.15, -0.1) is 0 Å². The zero-order chi connectivity index (χ0) is 24.3. The first kappa shape index (κ1) is 24.8. The first-order valence-electron chi connectivity index (χ1n) is 11.0. The second kappa shape index (κ2) is 9.96. The second-order valence-corrected chi connectivity index (χ2v) is 10.7. The molecule has 0 bridgehead atoms. The molecule has 1 aromatic carbocycles. The van der Waals surface area contributed by atoms with Gasteiger partial charge in [0.25, 0.3) is 5.91 Å². The minimum Gasteiger partial charge on any atom is -0.356 e. The van der Waals surface area contributed by atoms with Gasteiger partial charge in [0.2, 0.25) is 11.8 Å². The van der Waals surface area contributed by atoms with Crippen LogP contribution in [0.25, 0.3) is 10.9 Å². The van der Waals surface area contributed by atoms with Crippen LogP contribution in [0.4, 0.5) is 0 Å². The summed E-state index contributed by atoms with van der Waals surface area (Å²) < 4.78 is 0.855. The Morgan fingerprint density at radius 3 is 2.61 bits per heavy atom. The Kier molecular flexibility index (Phi) is 7.48. The summed E-state index contributed by atoms with van der Waals surface area (Å²) in [6.07, 6.45) is 1.28. The van der Waals surface area contributed by atoms with Crippen molar-refractivity contribution in [1.29, 1.82) is 5.26 Å². The third-order valence-corrected chi connectivity index (χ3v) is 6.29. The summed E-state index contributed by atoms with van der Waals surface area (Å²) in [7, 11) is 0. The third-order valence-electron chi connectivity index (χ3n) is 5.66. The molecule has 1 aliphatic heterocycles. The van der Waals surface area contributed by atoms with Gasteiger partial charge in [-0.2, -0.15) is 5.26 Å². The average molecular weight is 516 g/mol. The molecular formula is C24H30BrN5O3. The molecule has 1 fully saturated rings. The maximum atomic E-state index is 13.1. The van der Waals surface area contributed by atoms with E-state index in [1.165, 1.54) is 0 Å². The van der Waals surface area contributed by atoms with Crippen LogP contribution in [-0.4, -0.2) is 41.3 Å². The van der Waals surface area contributed by atoms with E-state index in [2.05, 4.69) is 42.9 Å². The Balaban J connectivity index is 1.75. The fourth-order valence-electron chi connectivity index (χ4n) is 4.09. The molecule has 0 unspecified atom stereocenters. The molecular weight excluding hydrogens is 486 g/mol. The number of aromatic nitrogens is 1. The average Bonchev–Trinajstić information content (AvgIpc) is 3.32. The number of amides is 3. The second-order valence-electron chi connectivity index (χ2n) is 9.89. The lowest BCUT2D eigenvalue weighted by atomic mass is 9.87. The highest BCUT2D eigenvalue weighted by Crippen LogP contribution is 2.26. The lowest BCUT2D eigenvalue weighted by Gasteiger charge is -2.27. The van der Waals surface area contributed by atoms with Crippen LogP contribution < -0.4 is 16.0 Å². The van der Waals surface area contributed by atoms with E-state index in [4.69, 9.17) is 0 Å². The van der Waals surface area contributed by atoms with Crippen molar-refractivity contribution in [1.82, 2.24) is 20.9 Å². The van der Waals surface area contributed by atoms with E-state index >= 15 is 0 Å². The summed E-state index contributed by atoms with van der Waals surface area (Å²) in [6.45, 7) is 8.49. The molecule has 0 radical (unpaired) electrons. The summed E-state index contributed by atoms with van der Waals surface area (Å²) in [5.41, 5.74) is 1.97. The molecule has 3 amide bonds. The van der Waals surface area contributed by atoms with Crippen molar-refractivity contribution < 1.29 is 14.4 Å². The maximum Gasteiger partial charge on any atom is 0.268 e. The van der Waals surface area contributed by atoms with Crippen molar-refractivity contribution in [2.45, 2.75) is 59.0 Å². The molecule has 1 aliphatic rings. The summed E-state index contributed by atoms with van der Waals surface area (Å²) in [5, 5.41) is 18.7. The maximum absolute atomic E-state index is 13.1. The zero-order valence-electron chi connectivity index (χ0n) is 19.3. The van der Waals surface area contributed by atoms with Crippen molar-refractivity contribution in [2.24, 2.45) is 11.3 Å². The van der Waals surface area contributed by atoms with Gasteiger partial charge < -0.3 is 20.9 Å². The van der Waals surface area contributed by atoms with Gasteiger partial charge in [-0.1, -0.05) is 20.8 Å². The fourth-order valence-corrected chi connectivity index (χ4v) is 4.78. The molecule has 3 rings (SSSR count). The SMILES string of the molecule is Cc1cc(Br)c2[nH]c(C(=O)N[C@@H](CC(C)(C)C)C(=O)N[C@H](C#N)C[C@@H]3CCNC3=O)cc2c1. The third kappa shape index (κ3) is 6.35. The molecule has 4 N–H and O–H groups in total. The molecule has 3 atom stereocenters. The highest BCUT2D eigenvalue weighted by molar-refractivity contribution is 9.10. The van der Waals surface area contributed by atoms with E-state index in [0.717, 1.165) is 20.9 Å². The number of fused-ring (bicyclic) bond motifs is 1. The van der Waals surface area contributed by atoms with Crippen LogP contribution in [0.5, 0.6) is 0 Å². The standard InChI is InChI=1S/C24H30BrN5O3/c1-13-7-15-10-18(29-20(15)17(25)8-13)22(32)30-19(11-24(2,3)4)23(33)28-16(12-26)9-14-5-6-27-21(14)31/h7-8,10,14,16,19,29H,5-6,9,11H2,1-4H3,(H,27,31)(H,28,33)(H,30,32)/t14-,16-,19-/m0/s1. The van der Waals surface area contributed by atoms with E-state index in [1.54, 1.807) is 6.07 Å². The van der Waals surface area contributed by atoms with Gasteiger partial charge in [0.15, 0.2) is 0 Å². The molecule has 2 heterocycles. The number of benzene rings is 1. The number of carbonyl (C=O) groups is 3. The molecule has 0 aliphatic carbocycles. The quantitative estimate of drug-likeness (QED) is 0.450. The van der Waals surface area contributed by atoms with Crippen LogP contribution in [0.15, 0.2) is 22.7 Å². The molecule has 2 aromatic rings. The minimum absolute atomic E-state index is 0.0933. The molecule has 1 aromatic heterocycles. The van der Waals surface area contributed by atoms with Gasteiger partial charge >= 0.3 is 0 Å². The van der Waals surface area contributed by atoms with Gasteiger partial charge in [0, 0.05) is 22.3 Å². The Bertz CT molecular complexity index is 1110. The summed E-state index contributed by atoms with van der Waals surface area (Å²) >= 11 is 3.51. The Labute approximate surface area is 202 Å². The van der Waals surface area contributed by atoms with Crippen molar-refractivity contribution in [3.63, 3.8) is 0 Å². The number of rotatable bonds is 7. The first-order valence-corrected chi connectivity index (χ1v) is 11.8. The summed E-state index contributed by atoms with van der Waals surface area (Å²) in [5.74, 6) is -1.22. The number of nitrogens with one attached hydrogen (secondary N) is 4. The normalized spacial score (nSPS) is 17.8. The van der Waals surface area contributed by atoms with E-state index in [0.29, 0.717) is 25.1 Å². The molecule has 176 valence electrons. The molecule has 0 spiro atoms. The smallest absolute Gasteiger partial charge is 0.268 e. The van der Waals surface area contributed by atoms with Crippen LogP contribution in [-0.2, 0) is 9.59 Å². The number of nitrogens with zero attached hydrogens (tertiary/aromatic N) is 1. The predicted octanol–water partition coefficient (Wildman–Crippen LogP) is 3.31. The van der Waals surface area contributed by atoms with Crippen LogP contribution in [0.3, 0.4) is 0 Å². The fraction of sp³-hybridized carbons (Fsp3) is 0.500. The first-order chi connectivity index (χ1) is 15.5. The number of halogens is 1. The highest BCUT2D eigenvalue weighted by atomic mass is 79.9. The number of aryl methyl sites for hydroxylation is 1. The molecule has 0 saturated carbocycles. The Morgan fingerprint density at radius 1 is 1.27 bits per heavy atom. The van der Waals surface area contributed by atoms with E-state index < -0.39 is 23.9 Å². The minimum atomic E-state index is -0.831. The summed E-state index contributed by atoms with van der Waals surface area (Å²) in [4.78, 5) is 41.1. The Hall–Kier alpha value is -2.86. The van der Waals surface area contributed by atoms with Crippen LogP contribution in [0.2, 0.25) is 0 Å². The Morgan fingerprint density at radius 2 is 2.00 bits per heavy atom. The lowest BCUT2D eigenvalue weighted by Crippen LogP contribution is -2.51. The molecule has 9 heteroatoms. The molecule has 8 nitrogen and oxygen atoms in total. The monoisotopic (exact) mass is 515 g/mol. The molecule has 1 saturated heterocycles. The topological polar surface area (TPSA) is 127 Å². The number of nitriles is 1. The molecule has 33 heavy (non-hydrogen) atoms. The van der Waals surface area contributed by atoms with Gasteiger partial charge in [-0.05, 0) is 71.3 Å². The van der Waals surface area contributed by atoms with E-state index in [-0.39, 0.29) is 23.7 Å². The van der Waals surface area contributed by atoms with E-state index in [1.807, 2.05) is 39.8 Å². The van der Waals surface area contributed by atoms with Crippen molar-refractivity contribution in [3.05, 3.63) is 33.9 Å². The van der Waals surface area contributed by atoms with Gasteiger partial charge in [0.1, 0.15) is 17.8 Å². The lowest BCUT2D eigenvalue weighted by molar-refractivity contribution is -0.125. The number of hydrogen-bond donors (Lipinski definition) is 4. The van der Waals surface area contributed by atoms with Gasteiger partial charge in [-0.3, -0.25) is 14.4 Å². The largest absolute Gasteiger partial charge is 0.356 e. The predicted molar refractivity (Wildman–Crippen MR) is 129 cm³/mol. The number of aromatic amines is 1. The summed E-state index contributed by atoms with van der Waals surface area (Å²) in [6, 6.07) is 6.13. The van der Waals surface area contributed by atoms with Gasteiger partial charge in [-0.25, -0.2) is 0 Å². The number of carbonyl (C=O) groups excluding carboxylic acids is 3. The number of hydrogen-bond acceptors (Lipinski definition) is 4. The highest BCUT2D eigenvalue weighted by Gasteiger charge is 2.32. The van der Waals surface area contributed by atoms with E-state index in [9.17, 15) is 19.6 Å². The van der Waals surface area contributed by atoms with Gasteiger partial charge in [0.05, 0.1) is 11.6 Å². The van der Waals surface area contributed by atoms with Crippen molar-refractivity contribution in [3.8, 4) is 6.07 Å². The van der Waals surface area contributed by atoms with Crippen molar-refractivity contribution in [2.75, 3.05) is 6.54 Å². The zero-order valence-corrected chi connectivity index (χ0v) is 20.9. The number of H-pyrrole nitrogens is 1. The van der Waals surface area contributed by atoms with Crippen molar-refractivity contribution >= 4 is 44.6 Å². The van der Waals surface area contributed by atoms with Crippen LogP contribution in [0, 0.1) is 29.6 Å². The van der Waals surface area contributed by atoms with Crippen LogP contribution >= 0.6 is 15.9 Å². The van der Waals surface area contributed by atoms with Crippen LogP contribution in [0.1, 0.15) is 56.1 Å².